The van der Waals surface area contributed by atoms with Crippen LogP contribution in [0, 0.1) is 0 Å². The number of benzene rings is 2. The smallest absolute Gasteiger partial charge is 0.338 e. The lowest BCUT2D eigenvalue weighted by atomic mass is 10.2. The van der Waals surface area contributed by atoms with Crippen LogP contribution in [0.1, 0.15) is 36.5 Å². The summed E-state index contributed by atoms with van der Waals surface area (Å²) in [5, 5.41) is 2.72. The Morgan fingerprint density at radius 3 is 2.41 bits per heavy atom. The zero-order valence-corrected chi connectivity index (χ0v) is 19.2. The van der Waals surface area contributed by atoms with Gasteiger partial charge in [0.15, 0.2) is 6.61 Å². The summed E-state index contributed by atoms with van der Waals surface area (Å²) in [4.78, 5) is 23.9. The molecule has 0 aliphatic carbocycles. The van der Waals surface area contributed by atoms with Crippen LogP contribution in [0.3, 0.4) is 0 Å². The molecule has 0 bridgehead atoms. The third-order valence-electron chi connectivity index (χ3n) is 4.88. The Hall–Kier alpha value is -2.62. The number of anilines is 1. The number of nitrogens with one attached hydrogen (secondary N) is 1. The first-order valence-electron chi connectivity index (χ1n) is 10.3. The van der Waals surface area contributed by atoms with Crippen LogP contribution >= 0.6 is 11.6 Å². The predicted octanol–water partition coefficient (Wildman–Crippen LogP) is 3.71. The van der Waals surface area contributed by atoms with E-state index in [-0.39, 0.29) is 23.1 Å². The molecule has 0 saturated carbocycles. The van der Waals surface area contributed by atoms with E-state index in [1.807, 2.05) is 0 Å². The number of amides is 1. The molecule has 1 aliphatic rings. The minimum absolute atomic E-state index is 0.0330. The second kappa shape index (κ2) is 10.8. The van der Waals surface area contributed by atoms with Gasteiger partial charge in [-0.15, -0.1) is 0 Å². The van der Waals surface area contributed by atoms with Crippen LogP contribution in [0.25, 0.3) is 0 Å². The van der Waals surface area contributed by atoms with Crippen LogP contribution < -0.4 is 10.1 Å². The number of esters is 1. The fraction of sp³-hybridized carbons (Fsp3) is 0.364. The number of hydrogen-bond acceptors (Lipinski definition) is 6. The van der Waals surface area contributed by atoms with E-state index in [4.69, 9.17) is 21.1 Å². The number of carbonyl (C=O) groups is 2. The molecule has 2 aromatic carbocycles. The first-order valence-corrected chi connectivity index (χ1v) is 12.1. The minimum atomic E-state index is -3.74. The second-order valence-corrected chi connectivity index (χ2v) is 9.51. The molecule has 3 rings (SSSR count). The van der Waals surface area contributed by atoms with Gasteiger partial charge in [0.2, 0.25) is 10.0 Å². The summed E-state index contributed by atoms with van der Waals surface area (Å²) < 4.78 is 37.7. The average molecular weight is 481 g/mol. The van der Waals surface area contributed by atoms with Crippen molar-refractivity contribution in [2.75, 3.05) is 31.6 Å². The average Bonchev–Trinajstić information content (AvgIpc) is 2.80. The number of carbonyl (C=O) groups excluding carboxylic acids is 2. The van der Waals surface area contributed by atoms with Crippen LogP contribution in [-0.2, 0) is 19.6 Å². The fourth-order valence-electron chi connectivity index (χ4n) is 3.27. The van der Waals surface area contributed by atoms with E-state index in [2.05, 4.69) is 5.32 Å². The van der Waals surface area contributed by atoms with Crippen LogP contribution in [0.15, 0.2) is 47.4 Å². The molecule has 2 aromatic rings. The summed E-state index contributed by atoms with van der Waals surface area (Å²) in [5.41, 5.74) is 0.684. The number of sulfonamides is 1. The van der Waals surface area contributed by atoms with Gasteiger partial charge < -0.3 is 14.8 Å². The number of ether oxygens (including phenoxy) is 2. The summed E-state index contributed by atoms with van der Waals surface area (Å²) in [5.74, 6) is -0.504. The Balaban J connectivity index is 1.62. The van der Waals surface area contributed by atoms with Gasteiger partial charge in [0.05, 0.1) is 17.2 Å². The first kappa shape index (κ1) is 24.0. The molecule has 1 aliphatic heterocycles. The van der Waals surface area contributed by atoms with Crippen molar-refractivity contribution in [3.05, 3.63) is 53.1 Å². The quantitative estimate of drug-likeness (QED) is 0.578. The Labute approximate surface area is 192 Å². The number of rotatable bonds is 8. The number of halogens is 1. The molecule has 1 fully saturated rings. The maximum Gasteiger partial charge on any atom is 0.338 e. The molecule has 1 amide bonds. The summed E-state index contributed by atoms with van der Waals surface area (Å²) >= 11 is 6.16. The lowest BCUT2D eigenvalue weighted by Crippen LogP contribution is -2.35. The largest absolute Gasteiger partial charge is 0.484 e. The van der Waals surface area contributed by atoms with Gasteiger partial charge in [-0.25, -0.2) is 13.2 Å². The molecule has 8 nitrogen and oxygen atoms in total. The van der Waals surface area contributed by atoms with Crippen molar-refractivity contribution < 1.29 is 27.5 Å². The molecular weight excluding hydrogens is 456 g/mol. The SMILES string of the molecule is CCOC(=O)c1ccc(OCC(=O)Nc2ccc(Cl)c(S(=O)(=O)N3CCCCC3)c2)cc1. The summed E-state index contributed by atoms with van der Waals surface area (Å²) in [6.45, 7) is 2.62. The van der Waals surface area contributed by atoms with E-state index in [9.17, 15) is 18.0 Å². The van der Waals surface area contributed by atoms with Gasteiger partial charge in [-0.1, -0.05) is 18.0 Å². The predicted molar refractivity (Wildman–Crippen MR) is 121 cm³/mol. The van der Waals surface area contributed by atoms with E-state index < -0.39 is 21.9 Å². The number of piperidine rings is 1. The molecule has 0 aromatic heterocycles. The maximum atomic E-state index is 12.9. The molecule has 1 N–H and O–H groups in total. The second-order valence-electron chi connectivity index (χ2n) is 7.19. The minimum Gasteiger partial charge on any atom is -0.484 e. The van der Waals surface area contributed by atoms with E-state index in [0.29, 0.717) is 30.1 Å². The van der Waals surface area contributed by atoms with E-state index >= 15 is 0 Å². The molecule has 1 saturated heterocycles. The maximum absolute atomic E-state index is 12.9. The highest BCUT2D eigenvalue weighted by atomic mass is 35.5. The molecule has 0 atom stereocenters. The highest BCUT2D eigenvalue weighted by Gasteiger charge is 2.28. The molecule has 0 unspecified atom stereocenters. The summed E-state index contributed by atoms with van der Waals surface area (Å²) in [6, 6.07) is 10.5. The first-order chi connectivity index (χ1) is 15.3. The van der Waals surface area contributed by atoms with Gasteiger partial charge in [-0.05, 0) is 62.2 Å². The normalized spacial score (nSPS) is 14.6. The molecule has 1 heterocycles. The van der Waals surface area contributed by atoms with Crippen molar-refractivity contribution in [1.82, 2.24) is 4.31 Å². The van der Waals surface area contributed by atoms with Crippen molar-refractivity contribution in [3.8, 4) is 5.75 Å². The van der Waals surface area contributed by atoms with Gasteiger partial charge in [0, 0.05) is 18.8 Å². The zero-order chi connectivity index (χ0) is 23.1. The molecule has 32 heavy (non-hydrogen) atoms. The summed E-state index contributed by atoms with van der Waals surface area (Å²) in [6.07, 6.45) is 2.62. The van der Waals surface area contributed by atoms with Gasteiger partial charge in [-0.3, -0.25) is 4.79 Å². The Morgan fingerprint density at radius 1 is 1.06 bits per heavy atom. The third kappa shape index (κ3) is 5.99. The lowest BCUT2D eigenvalue weighted by Gasteiger charge is -2.26. The summed E-state index contributed by atoms with van der Waals surface area (Å²) in [7, 11) is -3.74. The van der Waals surface area contributed by atoms with Crippen molar-refractivity contribution in [1.29, 1.82) is 0 Å². The number of hydrogen-bond donors (Lipinski definition) is 1. The highest BCUT2D eigenvalue weighted by Crippen LogP contribution is 2.29. The molecule has 0 radical (unpaired) electrons. The highest BCUT2D eigenvalue weighted by molar-refractivity contribution is 7.89. The van der Waals surface area contributed by atoms with Crippen LogP contribution in [0.4, 0.5) is 5.69 Å². The van der Waals surface area contributed by atoms with Crippen molar-refractivity contribution in [2.45, 2.75) is 31.1 Å². The monoisotopic (exact) mass is 480 g/mol. The standard InChI is InChI=1S/C22H25ClN2O6S/c1-2-30-22(27)16-6-9-18(10-7-16)31-15-21(26)24-17-8-11-19(23)20(14-17)32(28,29)25-12-4-3-5-13-25/h6-11,14H,2-5,12-13,15H2,1H3,(H,24,26). The van der Waals surface area contributed by atoms with Gasteiger partial charge in [0.1, 0.15) is 10.6 Å². The molecule has 10 heteroatoms. The molecule has 172 valence electrons. The topological polar surface area (TPSA) is 102 Å². The third-order valence-corrected chi connectivity index (χ3v) is 7.26. The zero-order valence-electron chi connectivity index (χ0n) is 17.7. The molecular formula is C22H25ClN2O6S. The number of nitrogens with zero attached hydrogens (tertiary/aromatic N) is 1. The van der Waals surface area contributed by atoms with Gasteiger partial charge in [-0.2, -0.15) is 4.31 Å². The van der Waals surface area contributed by atoms with Crippen molar-refractivity contribution in [3.63, 3.8) is 0 Å². The Bertz CT molecular complexity index is 1070. The van der Waals surface area contributed by atoms with E-state index in [0.717, 1.165) is 19.3 Å². The van der Waals surface area contributed by atoms with Crippen LogP contribution in [-0.4, -0.2) is 50.9 Å². The molecule has 0 spiro atoms. The van der Waals surface area contributed by atoms with Crippen LogP contribution in [0.2, 0.25) is 5.02 Å². The Kier molecular flexibility index (Phi) is 8.11. The van der Waals surface area contributed by atoms with E-state index in [1.165, 1.54) is 22.5 Å². The van der Waals surface area contributed by atoms with Gasteiger partial charge >= 0.3 is 5.97 Å². The fourth-order valence-corrected chi connectivity index (χ4v) is 5.29. The van der Waals surface area contributed by atoms with Gasteiger partial charge in [0.25, 0.3) is 5.91 Å². The van der Waals surface area contributed by atoms with E-state index in [1.54, 1.807) is 31.2 Å². The lowest BCUT2D eigenvalue weighted by molar-refractivity contribution is -0.118. The Morgan fingerprint density at radius 2 is 1.75 bits per heavy atom. The van der Waals surface area contributed by atoms with Crippen molar-refractivity contribution in [2.24, 2.45) is 0 Å². The van der Waals surface area contributed by atoms with Crippen LogP contribution in [0.5, 0.6) is 5.75 Å². The van der Waals surface area contributed by atoms with Crippen molar-refractivity contribution >= 4 is 39.2 Å².